The molecule has 0 radical (unpaired) electrons. The van der Waals surface area contributed by atoms with Gasteiger partial charge in [0, 0.05) is 42.2 Å². The molecule has 2 fully saturated rings. The van der Waals surface area contributed by atoms with E-state index in [1.807, 2.05) is 59.5 Å². The molecule has 0 unspecified atom stereocenters. The lowest BCUT2D eigenvalue weighted by Crippen LogP contribution is -2.68. The average Bonchev–Trinajstić information content (AvgIpc) is 2.92. The number of fused-ring (bicyclic) bond motifs is 1. The first-order valence-corrected chi connectivity index (χ1v) is 13.1. The van der Waals surface area contributed by atoms with E-state index in [1.54, 1.807) is 7.11 Å². The molecule has 2 aliphatic heterocycles. The molecule has 3 aromatic carbocycles. The summed E-state index contributed by atoms with van der Waals surface area (Å²) in [6, 6.07) is 26.4. The first kappa shape index (κ1) is 25.1. The molecule has 190 valence electrons. The van der Waals surface area contributed by atoms with Gasteiger partial charge in [0.2, 0.25) is 5.91 Å². The molecule has 0 bridgehead atoms. The fraction of sp³-hybridized carbons (Fsp3) is 0.344. The lowest BCUT2D eigenvalue weighted by atomic mass is 9.74. The Labute approximate surface area is 219 Å². The van der Waals surface area contributed by atoms with Gasteiger partial charge < -0.3 is 14.7 Å². The van der Waals surface area contributed by atoms with Crippen LogP contribution in [-0.2, 0) is 11.2 Å². The van der Waals surface area contributed by atoms with Gasteiger partial charge in [-0.3, -0.25) is 9.69 Å². The zero-order valence-electron chi connectivity index (χ0n) is 21.3. The van der Waals surface area contributed by atoms with Gasteiger partial charge in [0.25, 0.3) is 0 Å². The number of ether oxygens (including phenoxy) is 1. The van der Waals surface area contributed by atoms with Gasteiger partial charge in [-0.15, -0.1) is 0 Å². The second-order valence-electron chi connectivity index (χ2n) is 9.89. The lowest BCUT2D eigenvalue weighted by molar-refractivity contribution is -0.135. The highest BCUT2D eigenvalue weighted by Crippen LogP contribution is 2.42. The highest BCUT2D eigenvalue weighted by molar-refractivity contribution is 5.78. The zero-order chi connectivity index (χ0) is 25.6. The van der Waals surface area contributed by atoms with Crippen LogP contribution in [0.1, 0.15) is 41.0 Å². The van der Waals surface area contributed by atoms with Gasteiger partial charge in [-0.1, -0.05) is 54.3 Å². The maximum Gasteiger partial charge on any atom is 0.227 e. The molecule has 3 atom stereocenters. The van der Waals surface area contributed by atoms with E-state index in [9.17, 15) is 9.90 Å². The zero-order valence-corrected chi connectivity index (χ0v) is 21.3. The quantitative estimate of drug-likeness (QED) is 0.543. The molecular weight excluding hydrogens is 460 g/mol. The number of carbonyl (C=O) groups is 1. The fourth-order valence-corrected chi connectivity index (χ4v) is 5.66. The van der Waals surface area contributed by atoms with Gasteiger partial charge in [0.05, 0.1) is 20.1 Å². The van der Waals surface area contributed by atoms with Gasteiger partial charge >= 0.3 is 0 Å². The summed E-state index contributed by atoms with van der Waals surface area (Å²) in [6.45, 7) is 2.59. The number of hydrogen-bond donors (Lipinski definition) is 1. The smallest absolute Gasteiger partial charge is 0.227 e. The summed E-state index contributed by atoms with van der Waals surface area (Å²) in [5.41, 5.74) is 4.14. The second kappa shape index (κ2) is 11.6. The summed E-state index contributed by atoms with van der Waals surface area (Å²) in [6.07, 6.45) is 2.46. The SMILES string of the molecule is COc1ccc(C#Cc2ccc([C@@H]3[C@H](CO)N4CCCCN(C(=O)Cc5ccccc5)C[C@@H]34)cc2)cc1. The van der Waals surface area contributed by atoms with Crippen molar-refractivity contribution in [2.45, 2.75) is 37.3 Å². The molecule has 5 rings (SSSR count). The largest absolute Gasteiger partial charge is 0.497 e. The highest BCUT2D eigenvalue weighted by atomic mass is 16.5. The third-order valence-corrected chi connectivity index (χ3v) is 7.66. The molecule has 3 aromatic rings. The van der Waals surface area contributed by atoms with Crippen molar-refractivity contribution in [1.29, 1.82) is 0 Å². The van der Waals surface area contributed by atoms with E-state index in [-0.39, 0.29) is 30.5 Å². The fourth-order valence-electron chi connectivity index (χ4n) is 5.66. The first-order valence-electron chi connectivity index (χ1n) is 13.1. The number of aliphatic hydroxyl groups is 1. The normalized spacial score (nSPS) is 21.5. The summed E-state index contributed by atoms with van der Waals surface area (Å²) in [5.74, 6) is 7.65. The van der Waals surface area contributed by atoms with E-state index in [2.05, 4.69) is 41.0 Å². The average molecular weight is 495 g/mol. The van der Waals surface area contributed by atoms with Gasteiger partial charge in [-0.05, 0) is 66.9 Å². The number of rotatable bonds is 5. The number of methoxy groups -OCH3 is 1. The number of nitrogens with zero attached hydrogens (tertiary/aromatic N) is 2. The summed E-state index contributed by atoms with van der Waals surface area (Å²) in [4.78, 5) is 17.7. The predicted octanol–water partition coefficient (Wildman–Crippen LogP) is 4.09. The van der Waals surface area contributed by atoms with Gasteiger partial charge in [0.1, 0.15) is 5.75 Å². The molecule has 2 aliphatic rings. The van der Waals surface area contributed by atoms with Gasteiger partial charge in [-0.25, -0.2) is 0 Å². The molecule has 5 nitrogen and oxygen atoms in total. The van der Waals surface area contributed by atoms with Crippen LogP contribution in [-0.4, -0.2) is 66.2 Å². The first-order chi connectivity index (χ1) is 18.2. The van der Waals surface area contributed by atoms with Crippen molar-refractivity contribution < 1.29 is 14.6 Å². The number of hydrogen-bond acceptors (Lipinski definition) is 4. The van der Waals surface area contributed by atoms with Crippen LogP contribution in [0.4, 0.5) is 0 Å². The summed E-state index contributed by atoms with van der Waals surface area (Å²) in [5, 5.41) is 10.2. The van der Waals surface area contributed by atoms with Crippen molar-refractivity contribution in [1.82, 2.24) is 9.80 Å². The standard InChI is InChI=1S/C32H34N2O3/c1-37-28-17-13-25(14-18-28)10-9-24-11-15-27(16-12-24)32-29-22-33(19-5-6-20-34(29)30(32)23-35)31(36)21-26-7-3-2-4-8-26/h2-4,7-8,11-18,29-30,32,35H,5-6,19-23H2,1H3/t29-,30-,32-/m0/s1. The minimum atomic E-state index is 0.0883. The van der Waals surface area contributed by atoms with E-state index in [0.717, 1.165) is 48.4 Å². The molecule has 37 heavy (non-hydrogen) atoms. The summed E-state index contributed by atoms with van der Waals surface area (Å²) < 4.78 is 5.21. The lowest BCUT2D eigenvalue weighted by Gasteiger charge is -2.57. The molecule has 0 aliphatic carbocycles. The highest BCUT2D eigenvalue weighted by Gasteiger charge is 2.49. The number of amides is 1. The van der Waals surface area contributed by atoms with Crippen molar-refractivity contribution in [2.75, 3.05) is 33.4 Å². The molecule has 5 heteroatoms. The summed E-state index contributed by atoms with van der Waals surface area (Å²) in [7, 11) is 1.65. The van der Waals surface area contributed by atoms with Crippen LogP contribution in [0.25, 0.3) is 0 Å². The van der Waals surface area contributed by atoms with Gasteiger partial charge in [0.15, 0.2) is 0 Å². The number of aliphatic hydroxyl groups excluding tert-OH is 1. The maximum absolute atomic E-state index is 13.2. The topological polar surface area (TPSA) is 53.0 Å². The molecular formula is C32H34N2O3. The molecule has 0 aromatic heterocycles. The third kappa shape index (κ3) is 5.72. The molecule has 0 saturated carbocycles. The molecule has 2 saturated heterocycles. The predicted molar refractivity (Wildman–Crippen MR) is 145 cm³/mol. The van der Waals surface area contributed by atoms with Crippen LogP contribution in [0.15, 0.2) is 78.9 Å². The Bertz CT molecular complexity index is 1250. The second-order valence-corrected chi connectivity index (χ2v) is 9.89. The molecule has 0 spiro atoms. The van der Waals surface area contributed by atoms with Crippen molar-refractivity contribution in [3.05, 3.63) is 101 Å². The third-order valence-electron chi connectivity index (χ3n) is 7.66. The van der Waals surface area contributed by atoms with Crippen LogP contribution < -0.4 is 4.74 Å². The molecule has 1 N–H and O–H groups in total. The Hall–Kier alpha value is -3.59. The maximum atomic E-state index is 13.2. The van der Waals surface area contributed by atoms with E-state index in [1.165, 1.54) is 5.56 Å². The molecule has 2 heterocycles. The van der Waals surface area contributed by atoms with Crippen molar-refractivity contribution in [3.8, 4) is 17.6 Å². The Morgan fingerprint density at radius 2 is 1.57 bits per heavy atom. The van der Waals surface area contributed by atoms with E-state index in [0.29, 0.717) is 13.0 Å². The van der Waals surface area contributed by atoms with E-state index >= 15 is 0 Å². The Morgan fingerprint density at radius 3 is 2.22 bits per heavy atom. The van der Waals surface area contributed by atoms with Crippen LogP contribution in [0.5, 0.6) is 5.75 Å². The van der Waals surface area contributed by atoms with Crippen molar-refractivity contribution >= 4 is 5.91 Å². The van der Waals surface area contributed by atoms with Crippen LogP contribution in [0.2, 0.25) is 0 Å². The Balaban J connectivity index is 1.30. The van der Waals surface area contributed by atoms with E-state index in [4.69, 9.17) is 4.74 Å². The van der Waals surface area contributed by atoms with Crippen LogP contribution in [0, 0.1) is 11.8 Å². The van der Waals surface area contributed by atoms with Crippen LogP contribution >= 0.6 is 0 Å². The summed E-state index contributed by atoms with van der Waals surface area (Å²) >= 11 is 0. The van der Waals surface area contributed by atoms with E-state index < -0.39 is 0 Å². The van der Waals surface area contributed by atoms with Crippen molar-refractivity contribution in [3.63, 3.8) is 0 Å². The monoisotopic (exact) mass is 494 g/mol. The van der Waals surface area contributed by atoms with Crippen molar-refractivity contribution in [2.24, 2.45) is 0 Å². The number of benzene rings is 3. The molecule has 1 amide bonds. The van der Waals surface area contributed by atoms with Crippen LogP contribution in [0.3, 0.4) is 0 Å². The van der Waals surface area contributed by atoms with Gasteiger partial charge in [-0.2, -0.15) is 0 Å². The Kier molecular flexibility index (Phi) is 7.89. The minimum Gasteiger partial charge on any atom is -0.497 e. The Morgan fingerprint density at radius 1 is 0.919 bits per heavy atom. The minimum absolute atomic E-state index is 0.0883. The number of carbonyl (C=O) groups excluding carboxylic acids is 1.